The van der Waals surface area contributed by atoms with Crippen molar-refractivity contribution in [2.24, 2.45) is 0 Å². The van der Waals surface area contributed by atoms with E-state index in [1.54, 1.807) is 0 Å². The van der Waals surface area contributed by atoms with Crippen molar-refractivity contribution >= 4 is 25.6 Å². The standard InChI is InChI=1S/C14H12NP/c16-14-10-11-6-4-5-9-13(11)15(14)12-7-2-1-3-8-12/h1-10H,16H2. The molecule has 1 aromatic heterocycles. The van der Waals surface area contributed by atoms with Crippen LogP contribution >= 0.6 is 9.24 Å². The fourth-order valence-corrected chi connectivity index (χ4v) is 2.51. The molecular weight excluding hydrogens is 213 g/mol. The van der Waals surface area contributed by atoms with E-state index in [-0.39, 0.29) is 0 Å². The molecule has 3 rings (SSSR count). The molecule has 1 unspecified atom stereocenters. The van der Waals surface area contributed by atoms with E-state index in [9.17, 15) is 0 Å². The van der Waals surface area contributed by atoms with Crippen LogP contribution in [0.2, 0.25) is 0 Å². The lowest BCUT2D eigenvalue weighted by molar-refractivity contribution is 1.17. The average molecular weight is 225 g/mol. The maximum Gasteiger partial charge on any atom is 0.0534 e. The maximum atomic E-state index is 2.80. The summed E-state index contributed by atoms with van der Waals surface area (Å²) in [5.74, 6) is 0. The third-order valence-electron chi connectivity index (χ3n) is 2.75. The Hall–Kier alpha value is -1.59. The first kappa shape index (κ1) is 9.62. The zero-order chi connectivity index (χ0) is 11.0. The topological polar surface area (TPSA) is 4.93 Å². The van der Waals surface area contributed by atoms with Gasteiger partial charge in [0, 0.05) is 16.5 Å². The number of rotatable bonds is 1. The first-order chi connectivity index (χ1) is 7.86. The van der Waals surface area contributed by atoms with Gasteiger partial charge < -0.3 is 4.57 Å². The largest absolute Gasteiger partial charge is 0.310 e. The third-order valence-corrected chi connectivity index (χ3v) is 3.18. The molecule has 0 bridgehead atoms. The normalized spacial score (nSPS) is 10.8. The highest BCUT2D eigenvalue weighted by atomic mass is 31.0. The molecular formula is C14H12NP. The molecule has 0 fully saturated rings. The van der Waals surface area contributed by atoms with Crippen LogP contribution in [-0.4, -0.2) is 4.57 Å². The number of fused-ring (bicyclic) bond motifs is 1. The summed E-state index contributed by atoms with van der Waals surface area (Å²) in [6, 6.07) is 21.0. The van der Waals surface area contributed by atoms with Crippen molar-refractivity contribution in [1.82, 2.24) is 4.57 Å². The first-order valence-corrected chi connectivity index (χ1v) is 5.85. The van der Waals surface area contributed by atoms with Crippen LogP contribution in [0.25, 0.3) is 16.6 Å². The van der Waals surface area contributed by atoms with Crippen LogP contribution in [-0.2, 0) is 0 Å². The van der Waals surface area contributed by atoms with Gasteiger partial charge in [0.2, 0.25) is 0 Å². The summed E-state index contributed by atoms with van der Waals surface area (Å²) in [6.45, 7) is 0. The Balaban J connectivity index is 2.35. The van der Waals surface area contributed by atoms with Crippen molar-refractivity contribution in [3.05, 3.63) is 60.7 Å². The van der Waals surface area contributed by atoms with Gasteiger partial charge in [-0.2, -0.15) is 0 Å². The van der Waals surface area contributed by atoms with Crippen molar-refractivity contribution in [3.8, 4) is 5.69 Å². The highest BCUT2D eigenvalue weighted by Gasteiger charge is 2.05. The molecule has 78 valence electrons. The number of nitrogens with zero attached hydrogens (tertiary/aromatic N) is 1. The molecule has 2 heteroatoms. The lowest BCUT2D eigenvalue weighted by atomic mass is 10.2. The maximum absolute atomic E-state index is 2.80. The van der Waals surface area contributed by atoms with Crippen molar-refractivity contribution in [1.29, 1.82) is 0 Å². The molecule has 16 heavy (non-hydrogen) atoms. The molecule has 1 atom stereocenters. The summed E-state index contributed by atoms with van der Waals surface area (Å²) in [6.07, 6.45) is 0. The molecule has 0 amide bonds. The zero-order valence-electron chi connectivity index (χ0n) is 8.80. The second-order valence-electron chi connectivity index (χ2n) is 3.80. The van der Waals surface area contributed by atoms with Crippen LogP contribution in [0.4, 0.5) is 0 Å². The third kappa shape index (κ3) is 1.45. The molecule has 0 saturated carbocycles. The lowest BCUT2D eigenvalue weighted by Gasteiger charge is -2.07. The van der Waals surface area contributed by atoms with Gasteiger partial charge in [-0.05, 0) is 24.3 Å². The van der Waals surface area contributed by atoms with Crippen LogP contribution in [0.1, 0.15) is 0 Å². The Morgan fingerprint density at radius 1 is 0.812 bits per heavy atom. The second-order valence-corrected chi connectivity index (χ2v) is 4.39. The summed E-state index contributed by atoms with van der Waals surface area (Å²) >= 11 is 0. The van der Waals surface area contributed by atoms with Gasteiger partial charge in [0.1, 0.15) is 0 Å². The van der Waals surface area contributed by atoms with E-state index in [4.69, 9.17) is 0 Å². The van der Waals surface area contributed by atoms with Gasteiger partial charge in [0.15, 0.2) is 0 Å². The number of hydrogen-bond acceptors (Lipinski definition) is 0. The summed E-state index contributed by atoms with van der Waals surface area (Å²) in [7, 11) is 2.80. The van der Waals surface area contributed by atoms with Crippen molar-refractivity contribution in [2.45, 2.75) is 0 Å². The highest BCUT2D eigenvalue weighted by Crippen LogP contribution is 2.19. The van der Waals surface area contributed by atoms with E-state index in [1.165, 1.54) is 22.0 Å². The Morgan fingerprint density at radius 3 is 2.31 bits per heavy atom. The number of aromatic nitrogens is 1. The summed E-state index contributed by atoms with van der Waals surface area (Å²) in [4.78, 5) is 0. The van der Waals surface area contributed by atoms with Gasteiger partial charge in [0.05, 0.1) is 5.52 Å². The molecule has 0 saturated heterocycles. The van der Waals surface area contributed by atoms with E-state index in [0.717, 1.165) is 0 Å². The van der Waals surface area contributed by atoms with E-state index >= 15 is 0 Å². The first-order valence-electron chi connectivity index (χ1n) is 5.27. The van der Waals surface area contributed by atoms with Crippen LogP contribution < -0.4 is 5.44 Å². The van der Waals surface area contributed by atoms with Crippen molar-refractivity contribution < 1.29 is 0 Å². The monoisotopic (exact) mass is 225 g/mol. The van der Waals surface area contributed by atoms with Crippen molar-refractivity contribution in [3.63, 3.8) is 0 Å². The number of hydrogen-bond donors (Lipinski definition) is 0. The van der Waals surface area contributed by atoms with Crippen LogP contribution in [0, 0.1) is 0 Å². The molecule has 1 nitrogen and oxygen atoms in total. The molecule has 1 heterocycles. The van der Waals surface area contributed by atoms with Gasteiger partial charge in [-0.25, -0.2) is 0 Å². The Bertz CT molecular complexity index is 626. The van der Waals surface area contributed by atoms with Crippen LogP contribution in [0.5, 0.6) is 0 Å². The van der Waals surface area contributed by atoms with E-state index < -0.39 is 0 Å². The second kappa shape index (κ2) is 3.77. The van der Waals surface area contributed by atoms with Gasteiger partial charge in [0.25, 0.3) is 0 Å². The Kier molecular flexibility index (Phi) is 2.27. The predicted octanol–water partition coefficient (Wildman–Crippen LogP) is 3.13. The molecule has 0 aliphatic heterocycles. The number of benzene rings is 2. The number of para-hydroxylation sites is 2. The Labute approximate surface area is 96.9 Å². The fraction of sp³-hybridized carbons (Fsp3) is 0. The minimum atomic E-state index is 1.19. The highest BCUT2D eigenvalue weighted by molar-refractivity contribution is 7.27. The van der Waals surface area contributed by atoms with Crippen LogP contribution in [0.15, 0.2) is 60.7 Å². The van der Waals surface area contributed by atoms with Crippen molar-refractivity contribution in [2.75, 3.05) is 0 Å². The van der Waals surface area contributed by atoms with E-state index in [1.807, 2.05) is 6.07 Å². The summed E-state index contributed by atoms with van der Waals surface area (Å²) in [5, 5.41) is 1.27. The Morgan fingerprint density at radius 2 is 1.50 bits per heavy atom. The predicted molar refractivity (Wildman–Crippen MR) is 72.6 cm³/mol. The van der Waals surface area contributed by atoms with Gasteiger partial charge in [-0.15, -0.1) is 0 Å². The summed E-state index contributed by atoms with van der Waals surface area (Å²) < 4.78 is 2.25. The van der Waals surface area contributed by atoms with Gasteiger partial charge in [-0.1, -0.05) is 45.6 Å². The van der Waals surface area contributed by atoms with Crippen LogP contribution in [0.3, 0.4) is 0 Å². The molecule has 0 N–H and O–H groups in total. The smallest absolute Gasteiger partial charge is 0.0534 e. The summed E-state index contributed by atoms with van der Waals surface area (Å²) in [5.41, 5.74) is 3.64. The average Bonchev–Trinajstić information content (AvgIpc) is 2.66. The minimum Gasteiger partial charge on any atom is -0.310 e. The van der Waals surface area contributed by atoms with Gasteiger partial charge >= 0.3 is 0 Å². The molecule has 3 aromatic rings. The van der Waals surface area contributed by atoms with Gasteiger partial charge in [-0.3, -0.25) is 0 Å². The molecule has 0 aliphatic carbocycles. The SMILES string of the molecule is Pc1cc2ccccc2n1-c1ccccc1. The van der Waals surface area contributed by atoms with E-state index in [0.29, 0.717) is 0 Å². The lowest BCUT2D eigenvalue weighted by Crippen LogP contribution is -2.06. The fourth-order valence-electron chi connectivity index (χ4n) is 2.04. The quantitative estimate of drug-likeness (QED) is 0.561. The van der Waals surface area contributed by atoms with E-state index in [2.05, 4.69) is 68.4 Å². The molecule has 0 aliphatic rings. The molecule has 2 aromatic carbocycles. The molecule has 0 spiro atoms. The molecule has 0 radical (unpaired) electrons. The minimum absolute atomic E-state index is 1.19. The zero-order valence-corrected chi connectivity index (χ0v) is 9.95.